The van der Waals surface area contributed by atoms with E-state index in [0.717, 1.165) is 6.42 Å². The van der Waals surface area contributed by atoms with Crippen molar-refractivity contribution in [2.45, 2.75) is 25.8 Å². The molecule has 0 aliphatic carbocycles. The monoisotopic (exact) mass is 364 g/mol. The van der Waals surface area contributed by atoms with Crippen LogP contribution < -0.4 is 5.32 Å². The molecular weight excluding hydrogens is 346 g/mol. The molecule has 1 amide bonds. The average Bonchev–Trinajstić information content (AvgIpc) is 2.50. The average molecular weight is 365 g/mol. The Morgan fingerprint density at radius 2 is 2.17 bits per heavy atom. The smallest absolute Gasteiger partial charge is 0.307 e. The van der Waals surface area contributed by atoms with Gasteiger partial charge in [-0.1, -0.05) is 11.6 Å². The number of aliphatic carboxylic acids is 1. The summed E-state index contributed by atoms with van der Waals surface area (Å²) in [6.45, 7) is 2.65. The number of rotatable bonds is 4. The van der Waals surface area contributed by atoms with E-state index in [9.17, 15) is 14.0 Å². The summed E-state index contributed by atoms with van der Waals surface area (Å²) in [5.41, 5.74) is 0.0242. The van der Waals surface area contributed by atoms with E-state index in [1.165, 1.54) is 18.2 Å². The highest BCUT2D eigenvalue weighted by Crippen LogP contribution is 2.22. The first-order chi connectivity index (χ1) is 10.4. The molecule has 23 heavy (non-hydrogen) atoms. The van der Waals surface area contributed by atoms with E-state index >= 15 is 0 Å². The van der Waals surface area contributed by atoms with Crippen molar-refractivity contribution in [2.24, 2.45) is 5.92 Å². The van der Waals surface area contributed by atoms with Gasteiger partial charge in [-0.3, -0.25) is 14.5 Å². The molecular formula is C15H19Cl2FN2O3. The van der Waals surface area contributed by atoms with Gasteiger partial charge in [0, 0.05) is 11.6 Å². The highest BCUT2D eigenvalue weighted by Gasteiger charge is 2.30. The van der Waals surface area contributed by atoms with Gasteiger partial charge in [0.15, 0.2) is 0 Å². The number of benzene rings is 1. The van der Waals surface area contributed by atoms with Gasteiger partial charge in [-0.25, -0.2) is 4.39 Å². The molecule has 2 rings (SSSR count). The molecule has 128 valence electrons. The SMILES string of the molecule is CC(C(=O)Nc1cc(Cl)ccc1F)N1CCCC(C(=O)O)C1.Cl. The van der Waals surface area contributed by atoms with Gasteiger partial charge in [-0.2, -0.15) is 0 Å². The summed E-state index contributed by atoms with van der Waals surface area (Å²) in [5.74, 6) is -2.26. The molecule has 0 aromatic heterocycles. The number of hydrogen-bond acceptors (Lipinski definition) is 3. The summed E-state index contributed by atoms with van der Waals surface area (Å²) in [4.78, 5) is 25.1. The molecule has 0 spiro atoms. The molecule has 1 saturated heterocycles. The van der Waals surface area contributed by atoms with Crippen molar-refractivity contribution >= 4 is 41.6 Å². The molecule has 5 nitrogen and oxygen atoms in total. The molecule has 1 fully saturated rings. The normalized spacial score (nSPS) is 19.5. The van der Waals surface area contributed by atoms with E-state index in [1.54, 1.807) is 11.8 Å². The van der Waals surface area contributed by atoms with E-state index in [-0.39, 0.29) is 24.0 Å². The highest BCUT2D eigenvalue weighted by atomic mass is 35.5. The van der Waals surface area contributed by atoms with Crippen LogP contribution in [0.4, 0.5) is 10.1 Å². The molecule has 2 unspecified atom stereocenters. The number of anilines is 1. The van der Waals surface area contributed by atoms with Crippen molar-refractivity contribution in [1.29, 1.82) is 0 Å². The van der Waals surface area contributed by atoms with Crippen LogP contribution >= 0.6 is 24.0 Å². The molecule has 0 radical (unpaired) electrons. The van der Waals surface area contributed by atoms with Crippen LogP contribution in [0.15, 0.2) is 18.2 Å². The lowest BCUT2D eigenvalue weighted by atomic mass is 9.97. The second-order valence-electron chi connectivity index (χ2n) is 5.46. The number of halogens is 3. The number of piperidine rings is 1. The number of nitrogens with zero attached hydrogens (tertiary/aromatic N) is 1. The Kier molecular flexibility index (Phi) is 7.25. The van der Waals surface area contributed by atoms with Crippen LogP contribution in [-0.2, 0) is 9.59 Å². The Balaban J connectivity index is 0.00000264. The quantitative estimate of drug-likeness (QED) is 0.861. The Morgan fingerprint density at radius 1 is 1.48 bits per heavy atom. The lowest BCUT2D eigenvalue weighted by molar-refractivity contribution is -0.144. The second kappa shape index (κ2) is 8.47. The Labute approximate surface area is 145 Å². The zero-order valence-electron chi connectivity index (χ0n) is 12.6. The van der Waals surface area contributed by atoms with E-state index in [4.69, 9.17) is 16.7 Å². The molecule has 1 heterocycles. The van der Waals surface area contributed by atoms with Crippen molar-refractivity contribution in [3.63, 3.8) is 0 Å². The second-order valence-corrected chi connectivity index (χ2v) is 5.90. The van der Waals surface area contributed by atoms with Crippen LogP contribution in [0.5, 0.6) is 0 Å². The maximum Gasteiger partial charge on any atom is 0.307 e. The summed E-state index contributed by atoms with van der Waals surface area (Å²) in [7, 11) is 0. The van der Waals surface area contributed by atoms with E-state index in [2.05, 4.69) is 5.32 Å². The Hall–Kier alpha value is -1.37. The van der Waals surface area contributed by atoms with Crippen LogP contribution in [0.3, 0.4) is 0 Å². The van der Waals surface area contributed by atoms with Gasteiger partial charge < -0.3 is 10.4 Å². The molecule has 1 aliphatic rings. The first-order valence-corrected chi connectivity index (χ1v) is 7.49. The van der Waals surface area contributed by atoms with Gasteiger partial charge in [-0.05, 0) is 44.5 Å². The van der Waals surface area contributed by atoms with Crippen LogP contribution in [0.2, 0.25) is 5.02 Å². The van der Waals surface area contributed by atoms with E-state index in [1.807, 2.05) is 0 Å². The fraction of sp³-hybridized carbons (Fsp3) is 0.467. The summed E-state index contributed by atoms with van der Waals surface area (Å²) < 4.78 is 13.6. The third-order valence-electron chi connectivity index (χ3n) is 3.92. The van der Waals surface area contributed by atoms with Gasteiger partial charge in [0.2, 0.25) is 5.91 Å². The number of nitrogens with one attached hydrogen (secondary N) is 1. The van der Waals surface area contributed by atoms with E-state index in [0.29, 0.717) is 24.5 Å². The highest BCUT2D eigenvalue weighted by molar-refractivity contribution is 6.30. The van der Waals surface area contributed by atoms with Crippen molar-refractivity contribution < 1.29 is 19.1 Å². The van der Waals surface area contributed by atoms with Crippen molar-refractivity contribution in [2.75, 3.05) is 18.4 Å². The number of carbonyl (C=O) groups excluding carboxylic acids is 1. The summed E-state index contributed by atoms with van der Waals surface area (Å²) in [5, 5.41) is 11.9. The third kappa shape index (κ3) is 5.06. The maximum absolute atomic E-state index is 13.6. The molecule has 0 saturated carbocycles. The number of likely N-dealkylation sites (tertiary alicyclic amines) is 1. The van der Waals surface area contributed by atoms with Gasteiger partial charge in [0.25, 0.3) is 0 Å². The first kappa shape index (κ1) is 19.7. The Morgan fingerprint density at radius 3 is 2.83 bits per heavy atom. The van der Waals surface area contributed by atoms with Crippen LogP contribution in [0.25, 0.3) is 0 Å². The lowest BCUT2D eigenvalue weighted by Gasteiger charge is -2.34. The van der Waals surface area contributed by atoms with Crippen molar-refractivity contribution in [3.05, 3.63) is 29.0 Å². The standard InChI is InChI=1S/C15H18ClFN2O3.ClH/c1-9(19-6-2-3-10(8-19)15(21)22)14(20)18-13-7-11(16)4-5-12(13)17;/h4-5,7,9-10H,2-3,6,8H2,1H3,(H,18,20)(H,21,22);1H. The summed E-state index contributed by atoms with van der Waals surface area (Å²) >= 11 is 5.79. The zero-order chi connectivity index (χ0) is 16.3. The molecule has 1 aliphatic heterocycles. The fourth-order valence-corrected chi connectivity index (χ4v) is 2.73. The largest absolute Gasteiger partial charge is 0.481 e. The number of amides is 1. The van der Waals surface area contributed by atoms with Gasteiger partial charge in [0.05, 0.1) is 17.6 Å². The van der Waals surface area contributed by atoms with Crippen LogP contribution in [-0.4, -0.2) is 41.0 Å². The predicted molar refractivity (Wildman–Crippen MR) is 88.7 cm³/mol. The molecule has 2 N–H and O–H groups in total. The van der Waals surface area contributed by atoms with E-state index < -0.39 is 23.7 Å². The molecule has 8 heteroatoms. The summed E-state index contributed by atoms with van der Waals surface area (Å²) in [6.07, 6.45) is 1.34. The van der Waals surface area contributed by atoms with Crippen molar-refractivity contribution in [3.8, 4) is 0 Å². The first-order valence-electron chi connectivity index (χ1n) is 7.11. The molecule has 2 atom stereocenters. The predicted octanol–water partition coefficient (Wildman–Crippen LogP) is 3.02. The minimum Gasteiger partial charge on any atom is -0.481 e. The van der Waals surface area contributed by atoms with Gasteiger partial charge in [-0.15, -0.1) is 12.4 Å². The zero-order valence-corrected chi connectivity index (χ0v) is 14.2. The van der Waals surface area contributed by atoms with Gasteiger partial charge >= 0.3 is 5.97 Å². The topological polar surface area (TPSA) is 69.6 Å². The number of carbonyl (C=O) groups is 2. The number of carboxylic acids is 1. The third-order valence-corrected chi connectivity index (χ3v) is 4.15. The van der Waals surface area contributed by atoms with Crippen LogP contribution in [0.1, 0.15) is 19.8 Å². The van der Waals surface area contributed by atoms with Gasteiger partial charge in [0.1, 0.15) is 5.82 Å². The fourth-order valence-electron chi connectivity index (χ4n) is 2.56. The van der Waals surface area contributed by atoms with Crippen molar-refractivity contribution in [1.82, 2.24) is 4.90 Å². The lowest BCUT2D eigenvalue weighted by Crippen LogP contribution is -2.48. The summed E-state index contributed by atoms with van der Waals surface area (Å²) in [6, 6.07) is 3.39. The Bertz CT molecular complexity index is 586. The molecule has 1 aromatic carbocycles. The minimum absolute atomic E-state index is 0. The maximum atomic E-state index is 13.6. The number of hydrogen-bond donors (Lipinski definition) is 2. The molecule has 0 bridgehead atoms. The number of carboxylic acid groups (broad SMARTS) is 1. The van der Waals surface area contributed by atoms with Crippen LogP contribution in [0, 0.1) is 11.7 Å². The minimum atomic E-state index is -0.849. The molecule has 1 aromatic rings.